The molecule has 8 fully saturated rings. The summed E-state index contributed by atoms with van der Waals surface area (Å²) in [5, 5.41) is 22.5. The van der Waals surface area contributed by atoms with Gasteiger partial charge in [0, 0.05) is 25.2 Å². The van der Waals surface area contributed by atoms with Crippen molar-refractivity contribution in [1.29, 1.82) is 0 Å². The van der Waals surface area contributed by atoms with Gasteiger partial charge in [0.1, 0.15) is 72.7 Å². The Bertz CT molecular complexity index is 4470. The number of halogens is 1. The molecule has 12 atom stereocenters. The van der Waals surface area contributed by atoms with E-state index in [4.69, 9.17) is 56.5 Å². The smallest absolute Gasteiger partial charge is 0.408 e. The van der Waals surface area contributed by atoms with Crippen molar-refractivity contribution in [3.8, 4) is 11.3 Å². The van der Waals surface area contributed by atoms with Gasteiger partial charge in [-0.25, -0.2) is 18.8 Å². The van der Waals surface area contributed by atoms with Crippen LogP contribution in [0.1, 0.15) is 258 Å². The van der Waals surface area contributed by atoms with Gasteiger partial charge in [-0.1, -0.05) is 242 Å². The predicted octanol–water partition coefficient (Wildman–Crippen LogP) is 16.0. The van der Waals surface area contributed by atoms with E-state index in [1.54, 1.807) is 45.9 Å². The van der Waals surface area contributed by atoms with Gasteiger partial charge < -0.3 is 99.1 Å². The van der Waals surface area contributed by atoms with E-state index in [9.17, 15) is 57.1 Å². The van der Waals surface area contributed by atoms with E-state index in [-0.39, 0.29) is 88.9 Å². The molecule has 0 bridgehead atoms. The van der Waals surface area contributed by atoms with E-state index in [0.717, 1.165) is 93.7 Å². The highest BCUT2D eigenvalue weighted by Gasteiger charge is 2.44. The van der Waals surface area contributed by atoms with Crippen LogP contribution in [0.2, 0.25) is 0 Å². The summed E-state index contributed by atoms with van der Waals surface area (Å²) in [7, 11) is 0. The number of furan rings is 1. The summed E-state index contributed by atoms with van der Waals surface area (Å²) in [6, 6.07) is 32.2. The van der Waals surface area contributed by atoms with Crippen molar-refractivity contribution >= 4 is 65.7 Å². The lowest BCUT2D eigenvalue weighted by atomic mass is 9.84. The van der Waals surface area contributed by atoms with Crippen molar-refractivity contribution in [1.82, 2.24) is 42.5 Å². The normalized spacial score (nSPS) is 21.6. The second kappa shape index (κ2) is 53.7. The molecule has 4 saturated heterocycles. The van der Waals surface area contributed by atoms with E-state index in [0.29, 0.717) is 92.7 Å². The maximum Gasteiger partial charge on any atom is 0.408 e. The number of carbonyl (C=O) groups is 11. The quantitative estimate of drug-likeness (QED) is 0.0138. The predicted molar refractivity (Wildman–Crippen MR) is 490 cm³/mol. The number of amides is 8. The number of esters is 3. The van der Waals surface area contributed by atoms with Gasteiger partial charge in [-0.05, 0) is 143 Å². The topological polar surface area (TPSA) is 399 Å². The van der Waals surface area contributed by atoms with Crippen molar-refractivity contribution in [2.24, 2.45) is 29.1 Å². The summed E-state index contributed by atoms with van der Waals surface area (Å²) >= 11 is 0. The van der Waals surface area contributed by atoms with Gasteiger partial charge in [0.15, 0.2) is 5.76 Å². The number of hydrogen-bond acceptors (Lipinski definition) is 23. The first-order valence-corrected chi connectivity index (χ1v) is 46.1. The van der Waals surface area contributed by atoms with Gasteiger partial charge in [-0.15, -0.1) is 0 Å². The van der Waals surface area contributed by atoms with E-state index < -0.39 is 127 Å². The zero-order chi connectivity index (χ0) is 93.1. The minimum absolute atomic E-state index is 0. The second-order valence-corrected chi connectivity index (χ2v) is 36.8. The first-order chi connectivity index (χ1) is 62.4. The molecular formula is C100H141FN8O23. The Morgan fingerprint density at radius 3 is 1.23 bits per heavy atom. The van der Waals surface area contributed by atoms with E-state index in [2.05, 4.69) is 49.1 Å². The Morgan fingerprint density at radius 2 is 0.803 bits per heavy atom. The molecule has 132 heavy (non-hydrogen) atoms. The molecule has 32 heteroatoms. The minimum atomic E-state index is -0.887. The third-order valence-electron chi connectivity index (χ3n) is 23.6. The molecule has 5 aromatic rings. The summed E-state index contributed by atoms with van der Waals surface area (Å²) in [4.78, 5) is 138. The molecule has 8 N–H and O–H groups in total. The van der Waals surface area contributed by atoms with Crippen molar-refractivity contribution in [2.45, 2.75) is 330 Å². The van der Waals surface area contributed by atoms with Crippen LogP contribution in [-0.2, 0) is 105 Å². The number of rotatable bonds is 35. The first-order valence-electron chi connectivity index (χ1n) is 46.1. The lowest BCUT2D eigenvalue weighted by Gasteiger charge is -2.29. The monoisotopic (exact) mass is 1840 g/mol. The Balaban J connectivity index is 0.000000218. The number of carbonyl (C=O) groups excluding carboxylic acids is 11. The molecular weight excluding hydrogens is 1700 g/mol. The molecule has 4 aliphatic carbocycles. The van der Waals surface area contributed by atoms with Gasteiger partial charge in [0.2, 0.25) is 48.8 Å². The van der Waals surface area contributed by atoms with Crippen molar-refractivity contribution in [2.75, 3.05) is 19.8 Å². The van der Waals surface area contributed by atoms with E-state index in [1.165, 1.54) is 50.3 Å². The van der Waals surface area contributed by atoms with Gasteiger partial charge in [-0.3, -0.25) is 38.4 Å². The van der Waals surface area contributed by atoms with Gasteiger partial charge in [0.25, 0.3) is 5.91 Å². The highest BCUT2D eigenvalue weighted by atomic mass is 19.1. The molecule has 8 amide bonds. The zero-order valence-corrected chi connectivity index (χ0v) is 76.3. The third-order valence-corrected chi connectivity index (χ3v) is 23.6. The fraction of sp³-hybridized carbons (Fsp3) is 0.590. The first kappa shape index (κ1) is 106. The lowest BCUT2D eigenvalue weighted by Crippen LogP contribution is -2.53. The van der Waals surface area contributed by atoms with E-state index in [1.807, 2.05) is 119 Å². The molecule has 0 spiro atoms. The SMILES string of the molecule is C.C.C=C1C[C@H](NC(=O)[C@H](CC2CCCC2)NC(=O)OCc2ccccc2)[C@H](OCC)O1.CCO[C@@H]1OC(=O)C[C@@H]1NC(=O)[C@@H](CC(C)(C)C)NC(=O)OC(C)(C)C.O=C1C[C@H](NC(=O)[C@H](CC2CCCC2)NC(=O)c2ccc(-c3cccc(F)c3)o2)C(OCC2CCCC2)O1.O=C1C[C@H](NC(=O)[C@H](CC2CCCCC2)NC(=O)OCc2ccccc2)C(OCc2ccccc2)O1. The van der Waals surface area contributed by atoms with Crippen LogP contribution in [0.25, 0.3) is 11.3 Å². The molecule has 31 nitrogen and oxygen atoms in total. The van der Waals surface area contributed by atoms with Gasteiger partial charge >= 0.3 is 36.2 Å². The molecule has 5 heterocycles. The number of hydrogen-bond donors (Lipinski definition) is 8. The van der Waals surface area contributed by atoms with Gasteiger partial charge in [0.05, 0.1) is 44.3 Å². The Labute approximate surface area is 776 Å². The van der Waals surface area contributed by atoms with Crippen LogP contribution < -0.4 is 42.5 Å². The van der Waals surface area contributed by atoms with Crippen LogP contribution in [0.15, 0.2) is 144 Å². The number of alkyl carbamates (subject to hydrolysis) is 3. The Hall–Kier alpha value is -11.0. The average Bonchev–Trinajstić information content (AvgIpc) is 1.69. The highest BCUT2D eigenvalue weighted by molar-refractivity contribution is 5.96. The Morgan fingerprint density at radius 1 is 0.424 bits per heavy atom. The van der Waals surface area contributed by atoms with Crippen molar-refractivity contribution in [3.63, 3.8) is 0 Å². The second-order valence-electron chi connectivity index (χ2n) is 36.8. The largest absolute Gasteiger partial charge is 0.468 e. The standard InChI is InChI=1S/C29H35FN2O6.C28H34N2O6.C23H32N2O5.C18H32N2O6.2CH4/c30-21-11-5-10-20(15-21)24-12-13-25(37-24)28(35)31-22(14-18-6-1-2-7-18)27(34)32-23-16-26(33)38-29(23)36-17-19-8-3-4-9-19;31-25-17-24(27(36-25)34-18-21-12-6-2-7-13-21)29-26(32)23(16-20-10-4-1-5-11-20)30-28(33)35-19-22-14-8-3-9-15-22;1-3-28-22-20(13-16(2)30-22)24-21(26)19(14-17-9-7-8-10-17)25-23(27)29-15-18-11-5-4-6-12-18;1-8-24-15-11(9-13(21)25-15)19-14(22)12(10-17(2,3)4)20-16(23)26-18(5,6)7;;/h5,10-13,15,18-19,22-23,29H,1-4,6-9,14,16-17H2,(H,31,35)(H,32,34);2-3,6-9,12-15,20,23-24,27H,1,4-5,10-11,16-19H2,(H,29,32)(H,30,33);4-6,11-12,17,19-20,22H,2-3,7-10,13-15H2,1H3,(H,24,26)(H,25,27);11-12,15H,8-10H2,1-7H3,(H,19,22)(H,20,23);2*1H4/t22-,23-,29?;23-,24-,27?;19-,20-,22+;11-,12+,15+;;/m0000../s1. The van der Waals surface area contributed by atoms with Crippen molar-refractivity contribution in [3.05, 3.63) is 168 Å². The molecule has 4 saturated carbocycles. The summed E-state index contributed by atoms with van der Waals surface area (Å²) in [6.07, 6.45) is 16.3. The van der Waals surface area contributed by atoms with Crippen LogP contribution in [-0.4, -0.2) is 165 Å². The zero-order valence-electron chi connectivity index (χ0n) is 76.3. The number of cyclic esters (lactones) is 3. The van der Waals surface area contributed by atoms with E-state index >= 15 is 0 Å². The maximum absolute atomic E-state index is 13.6. The molecule has 8 aliphatic rings. The van der Waals surface area contributed by atoms with Crippen LogP contribution in [0.5, 0.6) is 0 Å². The maximum atomic E-state index is 13.6. The molecule has 4 aliphatic heterocycles. The molecule has 1 aromatic heterocycles. The van der Waals surface area contributed by atoms with Crippen LogP contribution in [0, 0.1) is 34.9 Å². The van der Waals surface area contributed by atoms with Crippen LogP contribution in [0.3, 0.4) is 0 Å². The summed E-state index contributed by atoms with van der Waals surface area (Å²) in [5.41, 5.74) is 2.32. The molecule has 13 rings (SSSR count). The molecule has 2 unspecified atom stereocenters. The highest BCUT2D eigenvalue weighted by Crippen LogP contribution is 2.35. The van der Waals surface area contributed by atoms with Crippen LogP contribution >= 0.6 is 0 Å². The number of ether oxygens (including phenoxy) is 11. The fourth-order valence-corrected chi connectivity index (χ4v) is 17.1. The van der Waals surface area contributed by atoms with Gasteiger partial charge in [-0.2, -0.15) is 0 Å². The summed E-state index contributed by atoms with van der Waals surface area (Å²) in [6.45, 7) is 20.5. The van der Waals surface area contributed by atoms with Crippen molar-refractivity contribution < 1.29 is 114 Å². The summed E-state index contributed by atoms with van der Waals surface area (Å²) in [5.74, 6) is -1.09. The Kier molecular flexibility index (Phi) is 43.3. The average molecular weight is 1840 g/mol. The lowest BCUT2D eigenvalue weighted by molar-refractivity contribution is -0.168. The number of nitrogens with one attached hydrogen (secondary N) is 8. The molecule has 726 valence electrons. The molecule has 0 radical (unpaired) electrons. The summed E-state index contributed by atoms with van der Waals surface area (Å²) < 4.78 is 79.1. The third kappa shape index (κ3) is 36.5. The number of benzene rings is 4. The minimum Gasteiger partial charge on any atom is -0.468 e. The molecule has 4 aromatic carbocycles. The van der Waals surface area contributed by atoms with Crippen LogP contribution in [0.4, 0.5) is 18.8 Å². The fourth-order valence-electron chi connectivity index (χ4n) is 17.1.